The number of likely N-dealkylation sites (tertiary alicyclic amines) is 1. The van der Waals surface area contributed by atoms with Crippen molar-refractivity contribution >= 4 is 5.91 Å². The van der Waals surface area contributed by atoms with Crippen molar-refractivity contribution < 1.29 is 14.6 Å². The van der Waals surface area contributed by atoms with Gasteiger partial charge in [-0.2, -0.15) is 0 Å². The van der Waals surface area contributed by atoms with Crippen LogP contribution in [-0.4, -0.2) is 71.8 Å². The number of amides is 1. The highest BCUT2D eigenvalue weighted by Gasteiger charge is 2.35. The largest absolute Gasteiger partial charge is 0.390 e. The topological polar surface area (TPSA) is 53.0 Å². The Kier molecular flexibility index (Phi) is 5.23. The molecule has 1 amide bonds. The number of benzene rings is 1. The second-order valence-electron chi connectivity index (χ2n) is 7.53. The number of carbonyl (C=O) groups is 1. The van der Waals surface area contributed by atoms with Crippen LogP contribution >= 0.6 is 0 Å². The number of rotatable bonds is 5. The Hall–Kier alpha value is -1.43. The monoisotopic (exact) mass is 332 g/mol. The molecule has 0 aromatic heterocycles. The number of hydrogen-bond acceptors (Lipinski definition) is 4. The zero-order valence-electron chi connectivity index (χ0n) is 14.7. The van der Waals surface area contributed by atoms with E-state index in [1.54, 1.807) is 0 Å². The first-order chi connectivity index (χ1) is 11.4. The molecule has 2 saturated heterocycles. The van der Waals surface area contributed by atoms with Crippen LogP contribution in [-0.2, 0) is 11.2 Å². The zero-order chi connectivity index (χ0) is 17.2. The van der Waals surface area contributed by atoms with Crippen molar-refractivity contribution in [2.45, 2.75) is 38.3 Å². The van der Waals surface area contributed by atoms with E-state index >= 15 is 0 Å². The molecule has 0 unspecified atom stereocenters. The number of aryl methyl sites for hydroxylation is 1. The van der Waals surface area contributed by atoms with Gasteiger partial charge in [0.2, 0.25) is 0 Å². The number of carbonyl (C=O) groups excluding carboxylic acids is 1. The molecule has 5 heteroatoms. The lowest BCUT2D eigenvalue weighted by molar-refractivity contribution is -0.0256. The molecule has 1 N–H and O–H groups in total. The molecule has 0 radical (unpaired) electrons. The van der Waals surface area contributed by atoms with Crippen LogP contribution in [0.5, 0.6) is 0 Å². The molecule has 1 aromatic carbocycles. The van der Waals surface area contributed by atoms with Crippen LogP contribution in [0.25, 0.3) is 0 Å². The fourth-order valence-electron chi connectivity index (χ4n) is 3.29. The Morgan fingerprint density at radius 2 is 2.00 bits per heavy atom. The van der Waals surface area contributed by atoms with E-state index in [0.717, 1.165) is 56.9 Å². The molecule has 5 nitrogen and oxygen atoms in total. The van der Waals surface area contributed by atoms with Crippen LogP contribution < -0.4 is 0 Å². The molecule has 2 heterocycles. The number of ether oxygens (including phenoxy) is 1. The van der Waals surface area contributed by atoms with Gasteiger partial charge in [0.15, 0.2) is 0 Å². The smallest absolute Gasteiger partial charge is 0.253 e. The third kappa shape index (κ3) is 4.35. The van der Waals surface area contributed by atoms with Gasteiger partial charge in [-0.15, -0.1) is 0 Å². The second-order valence-corrected chi connectivity index (χ2v) is 7.53. The minimum atomic E-state index is -0.678. The predicted molar refractivity (Wildman–Crippen MR) is 93.1 cm³/mol. The van der Waals surface area contributed by atoms with E-state index in [-0.39, 0.29) is 5.91 Å². The Balaban J connectivity index is 1.54. The molecule has 0 atom stereocenters. The molecule has 132 valence electrons. The van der Waals surface area contributed by atoms with Crippen molar-refractivity contribution in [3.8, 4) is 0 Å². The molecule has 3 rings (SSSR count). The number of morpholine rings is 1. The summed E-state index contributed by atoms with van der Waals surface area (Å²) in [6, 6.07) is 8.30. The van der Waals surface area contributed by atoms with E-state index in [2.05, 4.69) is 4.90 Å². The molecule has 2 fully saturated rings. The Labute approximate surface area is 144 Å². The Morgan fingerprint density at radius 3 is 2.67 bits per heavy atom. The van der Waals surface area contributed by atoms with Gasteiger partial charge in [-0.1, -0.05) is 12.1 Å². The maximum atomic E-state index is 12.6. The van der Waals surface area contributed by atoms with E-state index < -0.39 is 5.60 Å². The summed E-state index contributed by atoms with van der Waals surface area (Å²) in [5.41, 5.74) is 1.18. The average Bonchev–Trinajstić information content (AvgIpc) is 2.52. The normalized spacial score (nSPS) is 20.0. The van der Waals surface area contributed by atoms with E-state index in [1.807, 2.05) is 43.0 Å². The van der Waals surface area contributed by atoms with Gasteiger partial charge in [-0.25, -0.2) is 0 Å². The minimum absolute atomic E-state index is 0.115. The summed E-state index contributed by atoms with van der Waals surface area (Å²) >= 11 is 0. The first-order valence-corrected chi connectivity index (χ1v) is 8.85. The summed E-state index contributed by atoms with van der Waals surface area (Å²) in [7, 11) is 0. The standard InChI is InChI=1S/C19H28N2O3/c1-19(2,23)7-6-15-4-3-5-16(12-15)18(22)21-13-17(14-21)20-8-10-24-11-9-20/h3-5,12,17,23H,6-11,13-14H2,1-2H3. The lowest BCUT2D eigenvalue weighted by Crippen LogP contribution is -2.62. The molecule has 2 aliphatic rings. The van der Waals surface area contributed by atoms with Gasteiger partial charge in [-0.05, 0) is 44.4 Å². The summed E-state index contributed by atoms with van der Waals surface area (Å²) < 4.78 is 5.38. The molecule has 0 spiro atoms. The second kappa shape index (κ2) is 7.21. The predicted octanol–water partition coefficient (Wildman–Crippen LogP) is 1.55. The highest BCUT2D eigenvalue weighted by Crippen LogP contribution is 2.20. The van der Waals surface area contributed by atoms with Crippen molar-refractivity contribution in [3.63, 3.8) is 0 Å². The van der Waals surface area contributed by atoms with E-state index in [1.165, 1.54) is 0 Å². The fourth-order valence-corrected chi connectivity index (χ4v) is 3.29. The highest BCUT2D eigenvalue weighted by molar-refractivity contribution is 5.95. The Bertz CT molecular complexity index is 570. The first kappa shape index (κ1) is 17.4. The summed E-state index contributed by atoms with van der Waals surface area (Å²) in [5.74, 6) is 0.115. The summed E-state index contributed by atoms with van der Waals surface area (Å²) in [6.45, 7) is 8.79. The van der Waals surface area contributed by atoms with Crippen molar-refractivity contribution in [2.75, 3.05) is 39.4 Å². The summed E-state index contributed by atoms with van der Waals surface area (Å²) in [5, 5.41) is 9.86. The van der Waals surface area contributed by atoms with Crippen molar-refractivity contribution in [3.05, 3.63) is 35.4 Å². The van der Waals surface area contributed by atoms with Crippen LogP contribution in [0.15, 0.2) is 24.3 Å². The van der Waals surface area contributed by atoms with Gasteiger partial charge >= 0.3 is 0 Å². The lowest BCUT2D eigenvalue weighted by atomic mass is 9.97. The van der Waals surface area contributed by atoms with Crippen LogP contribution in [0.2, 0.25) is 0 Å². The van der Waals surface area contributed by atoms with Gasteiger partial charge in [0.1, 0.15) is 0 Å². The fraction of sp³-hybridized carbons (Fsp3) is 0.632. The molecule has 2 aliphatic heterocycles. The van der Waals surface area contributed by atoms with Crippen LogP contribution in [0.3, 0.4) is 0 Å². The highest BCUT2D eigenvalue weighted by atomic mass is 16.5. The summed E-state index contributed by atoms with van der Waals surface area (Å²) in [4.78, 5) is 17.0. The van der Waals surface area contributed by atoms with E-state index in [9.17, 15) is 9.90 Å². The third-order valence-corrected chi connectivity index (χ3v) is 4.91. The number of aliphatic hydroxyl groups is 1. The maximum absolute atomic E-state index is 12.6. The minimum Gasteiger partial charge on any atom is -0.390 e. The van der Waals surface area contributed by atoms with Crippen LogP contribution in [0.4, 0.5) is 0 Å². The van der Waals surface area contributed by atoms with E-state index in [0.29, 0.717) is 12.5 Å². The molecule has 1 aromatic rings. The van der Waals surface area contributed by atoms with E-state index in [4.69, 9.17) is 4.74 Å². The molecule has 24 heavy (non-hydrogen) atoms. The first-order valence-electron chi connectivity index (χ1n) is 8.85. The molecule has 0 saturated carbocycles. The molecule has 0 aliphatic carbocycles. The SMILES string of the molecule is CC(C)(O)CCc1cccc(C(=O)N2CC(N3CCOCC3)C2)c1. The van der Waals surface area contributed by atoms with Gasteiger partial charge in [0.05, 0.1) is 18.8 Å². The average molecular weight is 332 g/mol. The summed E-state index contributed by atoms with van der Waals surface area (Å²) in [6.07, 6.45) is 1.47. The van der Waals surface area contributed by atoms with Gasteiger partial charge in [-0.3, -0.25) is 9.69 Å². The van der Waals surface area contributed by atoms with Crippen LogP contribution in [0.1, 0.15) is 36.2 Å². The van der Waals surface area contributed by atoms with Gasteiger partial charge in [0, 0.05) is 37.8 Å². The maximum Gasteiger partial charge on any atom is 0.253 e. The quantitative estimate of drug-likeness (QED) is 0.889. The molecular formula is C19H28N2O3. The third-order valence-electron chi connectivity index (χ3n) is 4.91. The van der Waals surface area contributed by atoms with Gasteiger partial charge in [0.25, 0.3) is 5.91 Å². The molecular weight excluding hydrogens is 304 g/mol. The van der Waals surface area contributed by atoms with Crippen LogP contribution in [0, 0.1) is 0 Å². The van der Waals surface area contributed by atoms with Crippen molar-refractivity contribution in [1.82, 2.24) is 9.80 Å². The Morgan fingerprint density at radius 1 is 1.29 bits per heavy atom. The van der Waals surface area contributed by atoms with Crippen molar-refractivity contribution in [2.24, 2.45) is 0 Å². The number of hydrogen-bond donors (Lipinski definition) is 1. The molecule has 0 bridgehead atoms. The lowest BCUT2D eigenvalue weighted by Gasteiger charge is -2.46. The van der Waals surface area contributed by atoms with Crippen molar-refractivity contribution in [1.29, 1.82) is 0 Å². The number of nitrogens with zero attached hydrogens (tertiary/aromatic N) is 2. The zero-order valence-corrected chi connectivity index (χ0v) is 14.7. The van der Waals surface area contributed by atoms with Gasteiger partial charge < -0.3 is 14.7 Å².